The average Bonchev–Trinajstić information content (AvgIpc) is 2.90. The molecule has 0 fully saturated rings. The van der Waals surface area contributed by atoms with Crippen LogP contribution in [0.4, 0.5) is 0 Å². The predicted molar refractivity (Wildman–Crippen MR) is 86.9 cm³/mol. The third-order valence-electron chi connectivity index (χ3n) is 3.99. The van der Waals surface area contributed by atoms with E-state index >= 15 is 0 Å². The summed E-state index contributed by atoms with van der Waals surface area (Å²) in [6.45, 7) is 0.802. The van der Waals surface area contributed by atoms with E-state index in [1.54, 1.807) is 7.11 Å². The van der Waals surface area contributed by atoms with E-state index in [1.165, 1.54) is 24.2 Å². The lowest BCUT2D eigenvalue weighted by Gasteiger charge is -2.15. The molecule has 0 unspecified atom stereocenters. The highest BCUT2D eigenvalue weighted by atomic mass is 32.1. The first-order valence-corrected chi connectivity index (χ1v) is 7.59. The third-order valence-corrected chi connectivity index (χ3v) is 4.21. The molecule has 0 radical (unpaired) electrons. The summed E-state index contributed by atoms with van der Waals surface area (Å²) >= 11 is 5.04. The van der Waals surface area contributed by atoms with Crippen LogP contribution in [0.15, 0.2) is 24.5 Å². The number of imidazole rings is 1. The van der Waals surface area contributed by atoms with Crippen LogP contribution in [0.5, 0.6) is 5.75 Å². The van der Waals surface area contributed by atoms with Gasteiger partial charge in [0, 0.05) is 12.2 Å². The molecule has 0 amide bonds. The lowest BCUT2D eigenvalue weighted by Crippen LogP contribution is -2.12. The smallest absolute Gasteiger partial charge is 0.129 e. The van der Waals surface area contributed by atoms with Gasteiger partial charge in [-0.25, -0.2) is 4.98 Å². The minimum atomic E-state index is 0.360. The molecule has 3 rings (SSSR count). The number of ether oxygens (including phenoxy) is 1. The molecule has 1 aliphatic rings. The van der Waals surface area contributed by atoms with E-state index in [0.717, 1.165) is 36.3 Å². The summed E-state index contributed by atoms with van der Waals surface area (Å²) in [6, 6.07) is 5.98. The van der Waals surface area contributed by atoms with Crippen LogP contribution in [0.25, 0.3) is 0 Å². The van der Waals surface area contributed by atoms with E-state index in [9.17, 15) is 0 Å². The summed E-state index contributed by atoms with van der Waals surface area (Å²) in [5.74, 6) is 0.731. The Morgan fingerprint density at radius 3 is 2.95 bits per heavy atom. The van der Waals surface area contributed by atoms with Crippen LogP contribution in [-0.2, 0) is 19.4 Å². The number of rotatable bonds is 4. The molecule has 0 bridgehead atoms. The highest BCUT2D eigenvalue weighted by Crippen LogP contribution is 2.23. The molecule has 0 aliphatic heterocycles. The molecule has 0 spiro atoms. The van der Waals surface area contributed by atoms with E-state index < -0.39 is 0 Å². The molecule has 21 heavy (non-hydrogen) atoms. The highest BCUT2D eigenvalue weighted by molar-refractivity contribution is 7.80. The minimum Gasteiger partial charge on any atom is -0.496 e. The molecule has 1 aliphatic carbocycles. The summed E-state index contributed by atoms with van der Waals surface area (Å²) < 4.78 is 7.63. The second kappa shape index (κ2) is 5.85. The van der Waals surface area contributed by atoms with E-state index in [1.807, 2.05) is 24.5 Å². The van der Waals surface area contributed by atoms with Gasteiger partial charge in [-0.05, 0) is 43.4 Å². The predicted octanol–water partition coefficient (Wildman–Crippen LogP) is 2.45. The fourth-order valence-corrected chi connectivity index (χ4v) is 3.07. The van der Waals surface area contributed by atoms with Crippen LogP contribution in [0.3, 0.4) is 0 Å². The molecule has 0 saturated carbocycles. The van der Waals surface area contributed by atoms with Gasteiger partial charge in [0.05, 0.1) is 24.7 Å². The fourth-order valence-electron chi connectivity index (χ4n) is 2.90. The van der Waals surface area contributed by atoms with Crippen LogP contribution >= 0.6 is 12.2 Å². The normalized spacial score (nSPS) is 13.8. The molecule has 1 heterocycles. The topological polar surface area (TPSA) is 53.1 Å². The first-order chi connectivity index (χ1) is 10.2. The zero-order chi connectivity index (χ0) is 14.8. The Bertz CT molecular complexity index is 678. The first kappa shape index (κ1) is 14.1. The molecule has 1 aromatic carbocycles. The molecule has 4 nitrogen and oxygen atoms in total. The van der Waals surface area contributed by atoms with Gasteiger partial charge >= 0.3 is 0 Å². The quantitative estimate of drug-likeness (QED) is 0.881. The van der Waals surface area contributed by atoms with Crippen molar-refractivity contribution >= 4 is 17.2 Å². The fraction of sp³-hybridized carbons (Fsp3) is 0.375. The van der Waals surface area contributed by atoms with Crippen LogP contribution in [0, 0.1) is 0 Å². The van der Waals surface area contributed by atoms with Crippen LogP contribution in [0.1, 0.15) is 35.4 Å². The van der Waals surface area contributed by atoms with Gasteiger partial charge in [0.1, 0.15) is 10.7 Å². The molecule has 2 N–H and O–H groups in total. The van der Waals surface area contributed by atoms with Gasteiger partial charge in [-0.3, -0.25) is 0 Å². The van der Waals surface area contributed by atoms with Crippen molar-refractivity contribution in [3.8, 4) is 5.75 Å². The zero-order valence-corrected chi connectivity index (χ0v) is 12.9. The van der Waals surface area contributed by atoms with Crippen molar-refractivity contribution in [1.82, 2.24) is 9.55 Å². The average molecular weight is 301 g/mol. The molecular formula is C16H19N3OS. The molecule has 110 valence electrons. The number of nitrogens with two attached hydrogens (primary N) is 1. The lowest BCUT2D eigenvalue weighted by atomic mass is 10.0. The van der Waals surface area contributed by atoms with Crippen molar-refractivity contribution in [3.63, 3.8) is 0 Å². The molecule has 2 aromatic rings. The van der Waals surface area contributed by atoms with Gasteiger partial charge in [0.25, 0.3) is 0 Å². The summed E-state index contributed by atoms with van der Waals surface area (Å²) in [5, 5.41) is 0. The van der Waals surface area contributed by atoms with Gasteiger partial charge in [0.15, 0.2) is 0 Å². The molecular weight excluding hydrogens is 282 g/mol. The molecule has 0 atom stereocenters. The maximum atomic E-state index is 5.70. The number of nitrogens with zero attached hydrogens (tertiary/aromatic N) is 2. The summed E-state index contributed by atoms with van der Waals surface area (Å²) in [6.07, 6.45) is 6.68. The monoisotopic (exact) mass is 301 g/mol. The zero-order valence-electron chi connectivity index (χ0n) is 12.1. The summed E-state index contributed by atoms with van der Waals surface area (Å²) in [5.41, 5.74) is 10.3. The van der Waals surface area contributed by atoms with Crippen LogP contribution < -0.4 is 10.5 Å². The van der Waals surface area contributed by atoms with Crippen molar-refractivity contribution in [2.45, 2.75) is 32.2 Å². The van der Waals surface area contributed by atoms with Gasteiger partial charge < -0.3 is 15.0 Å². The van der Waals surface area contributed by atoms with Crippen molar-refractivity contribution in [1.29, 1.82) is 0 Å². The largest absolute Gasteiger partial charge is 0.496 e. The Kier molecular flexibility index (Phi) is 3.92. The standard InChI is InChI=1S/C16H19N3OS/c1-20-15-8-11(6-7-12(15)16(17)21)9-19-10-18-13-4-2-3-5-14(13)19/h6-8,10H,2-5,9H2,1H3,(H2,17,21). The number of hydrogen-bond donors (Lipinski definition) is 1. The number of aromatic nitrogens is 2. The summed E-state index contributed by atoms with van der Waals surface area (Å²) in [7, 11) is 1.64. The Labute approximate surface area is 129 Å². The lowest BCUT2D eigenvalue weighted by molar-refractivity contribution is 0.413. The van der Waals surface area contributed by atoms with Gasteiger partial charge in [-0.1, -0.05) is 18.3 Å². The number of aryl methyl sites for hydroxylation is 1. The number of methoxy groups -OCH3 is 1. The molecule has 1 aromatic heterocycles. The van der Waals surface area contributed by atoms with Crippen LogP contribution in [0.2, 0.25) is 0 Å². The van der Waals surface area contributed by atoms with E-state index in [-0.39, 0.29) is 0 Å². The van der Waals surface area contributed by atoms with Gasteiger partial charge in [-0.2, -0.15) is 0 Å². The number of thiocarbonyl (C=S) groups is 1. The Morgan fingerprint density at radius 1 is 1.38 bits per heavy atom. The van der Waals surface area contributed by atoms with Crippen LogP contribution in [-0.4, -0.2) is 21.6 Å². The first-order valence-electron chi connectivity index (χ1n) is 7.18. The van der Waals surface area contributed by atoms with E-state index in [0.29, 0.717) is 4.99 Å². The Morgan fingerprint density at radius 2 is 2.19 bits per heavy atom. The van der Waals surface area contributed by atoms with Crippen molar-refractivity contribution in [2.24, 2.45) is 5.73 Å². The maximum Gasteiger partial charge on any atom is 0.129 e. The van der Waals surface area contributed by atoms with E-state index in [4.69, 9.17) is 22.7 Å². The number of fused-ring (bicyclic) bond motifs is 1. The van der Waals surface area contributed by atoms with E-state index in [2.05, 4.69) is 9.55 Å². The Balaban J connectivity index is 1.88. The highest BCUT2D eigenvalue weighted by Gasteiger charge is 2.15. The summed E-state index contributed by atoms with van der Waals surface area (Å²) in [4.78, 5) is 4.89. The van der Waals surface area contributed by atoms with Crippen molar-refractivity contribution < 1.29 is 4.74 Å². The second-order valence-corrected chi connectivity index (χ2v) is 5.81. The van der Waals surface area contributed by atoms with Gasteiger partial charge in [0.2, 0.25) is 0 Å². The molecule has 0 saturated heterocycles. The van der Waals surface area contributed by atoms with Crippen molar-refractivity contribution in [2.75, 3.05) is 7.11 Å². The SMILES string of the molecule is COc1cc(Cn2cnc3c2CCCC3)ccc1C(N)=S. The second-order valence-electron chi connectivity index (χ2n) is 5.37. The molecule has 5 heteroatoms. The Hall–Kier alpha value is -1.88. The van der Waals surface area contributed by atoms with Gasteiger partial charge in [-0.15, -0.1) is 0 Å². The number of hydrogen-bond acceptors (Lipinski definition) is 3. The number of benzene rings is 1. The van der Waals surface area contributed by atoms with Crippen molar-refractivity contribution in [3.05, 3.63) is 47.0 Å². The maximum absolute atomic E-state index is 5.70. The third kappa shape index (κ3) is 2.78. The minimum absolute atomic E-state index is 0.360.